The van der Waals surface area contributed by atoms with Crippen molar-refractivity contribution in [1.82, 2.24) is 5.32 Å². The van der Waals surface area contributed by atoms with E-state index in [0.29, 0.717) is 24.6 Å². The van der Waals surface area contributed by atoms with Crippen LogP contribution in [0.3, 0.4) is 0 Å². The molecule has 1 unspecified atom stereocenters. The predicted molar refractivity (Wildman–Crippen MR) is 101 cm³/mol. The van der Waals surface area contributed by atoms with Crippen LogP contribution in [-0.2, 0) is 16.1 Å². The van der Waals surface area contributed by atoms with Gasteiger partial charge >= 0.3 is 5.97 Å². The molecule has 2 N–H and O–H groups in total. The van der Waals surface area contributed by atoms with Gasteiger partial charge in [0.05, 0.1) is 24.8 Å². The van der Waals surface area contributed by atoms with Crippen LogP contribution < -0.4 is 15.0 Å². The minimum absolute atomic E-state index is 0.119. The van der Waals surface area contributed by atoms with Gasteiger partial charge in [0.15, 0.2) is 0 Å². The third kappa shape index (κ3) is 4.28. The molecule has 7 nitrogen and oxygen atoms in total. The summed E-state index contributed by atoms with van der Waals surface area (Å²) in [6.07, 6.45) is 0.136. The van der Waals surface area contributed by atoms with Crippen molar-refractivity contribution in [2.75, 3.05) is 18.1 Å². The Morgan fingerprint density at radius 3 is 2.78 bits per heavy atom. The van der Waals surface area contributed by atoms with Crippen LogP contribution in [0.4, 0.5) is 5.69 Å². The van der Waals surface area contributed by atoms with E-state index in [1.165, 1.54) is 6.07 Å². The first-order valence-corrected chi connectivity index (χ1v) is 9.43. The Bertz CT molecular complexity index is 863. The van der Waals surface area contributed by atoms with Crippen molar-refractivity contribution in [3.63, 3.8) is 0 Å². The van der Waals surface area contributed by atoms with Gasteiger partial charge in [-0.2, -0.15) is 0 Å². The first kappa shape index (κ1) is 18.9. The molecule has 3 rings (SSSR count). The quantitative estimate of drug-likeness (QED) is 0.760. The molecule has 0 radical (unpaired) electrons. The van der Waals surface area contributed by atoms with Crippen LogP contribution in [0.15, 0.2) is 36.4 Å². The number of para-hydroxylation sites is 2. The molecular formula is C19H20N2O5S. The number of rotatable bonds is 7. The zero-order chi connectivity index (χ0) is 19.4. The second-order valence-electron chi connectivity index (χ2n) is 6.10. The molecule has 2 amide bonds. The van der Waals surface area contributed by atoms with Crippen molar-refractivity contribution in [3.05, 3.63) is 46.2 Å². The lowest BCUT2D eigenvalue weighted by atomic mass is 10.1. The lowest BCUT2D eigenvalue weighted by Gasteiger charge is -2.20. The third-order valence-electron chi connectivity index (χ3n) is 4.26. The maximum absolute atomic E-state index is 12.5. The van der Waals surface area contributed by atoms with Gasteiger partial charge in [-0.25, -0.2) is 4.79 Å². The van der Waals surface area contributed by atoms with Crippen LogP contribution in [0.25, 0.3) is 0 Å². The zero-order valence-corrected chi connectivity index (χ0v) is 15.6. The molecule has 1 fully saturated rings. The highest BCUT2D eigenvalue weighted by Crippen LogP contribution is 2.33. The Hall–Kier alpha value is -2.87. The smallest absolute Gasteiger partial charge is 0.345 e. The van der Waals surface area contributed by atoms with Crippen molar-refractivity contribution >= 4 is 34.8 Å². The summed E-state index contributed by atoms with van der Waals surface area (Å²) in [5.41, 5.74) is 0.670. The van der Waals surface area contributed by atoms with Crippen LogP contribution in [0.5, 0.6) is 5.75 Å². The number of thiophene rings is 1. The first-order chi connectivity index (χ1) is 13.0. The number of nitrogens with one attached hydrogen (secondary N) is 1. The van der Waals surface area contributed by atoms with Gasteiger partial charge in [-0.05, 0) is 31.2 Å². The number of carbonyl (C=O) groups is 3. The number of anilines is 1. The molecule has 2 heterocycles. The highest BCUT2D eigenvalue weighted by atomic mass is 32.1. The van der Waals surface area contributed by atoms with E-state index in [9.17, 15) is 14.4 Å². The Morgan fingerprint density at radius 2 is 2.07 bits per heavy atom. The van der Waals surface area contributed by atoms with E-state index >= 15 is 0 Å². The van der Waals surface area contributed by atoms with E-state index in [2.05, 4.69) is 5.32 Å². The van der Waals surface area contributed by atoms with Gasteiger partial charge in [0, 0.05) is 17.8 Å². The highest BCUT2D eigenvalue weighted by molar-refractivity contribution is 7.13. The minimum atomic E-state index is -0.984. The molecule has 1 aromatic carbocycles. The Kier molecular flexibility index (Phi) is 5.75. The maximum atomic E-state index is 12.5. The molecule has 0 saturated carbocycles. The second-order valence-corrected chi connectivity index (χ2v) is 7.26. The summed E-state index contributed by atoms with van der Waals surface area (Å²) in [7, 11) is 0. The molecule has 142 valence electrons. The molecule has 0 aliphatic carbocycles. The number of amides is 2. The average molecular weight is 388 g/mol. The fraction of sp³-hybridized carbons (Fsp3) is 0.316. The normalized spacial score (nSPS) is 16.4. The molecule has 1 aliphatic heterocycles. The fourth-order valence-electron chi connectivity index (χ4n) is 2.98. The average Bonchev–Trinajstić information content (AvgIpc) is 3.27. The number of benzene rings is 1. The summed E-state index contributed by atoms with van der Waals surface area (Å²) < 4.78 is 5.58. The van der Waals surface area contributed by atoms with Gasteiger partial charge in [-0.3, -0.25) is 9.59 Å². The van der Waals surface area contributed by atoms with E-state index in [4.69, 9.17) is 9.84 Å². The number of carboxylic acids is 1. The minimum Gasteiger partial charge on any atom is -0.492 e. The maximum Gasteiger partial charge on any atom is 0.345 e. The van der Waals surface area contributed by atoms with E-state index < -0.39 is 11.9 Å². The zero-order valence-electron chi connectivity index (χ0n) is 14.8. The number of ether oxygens (including phenoxy) is 1. The van der Waals surface area contributed by atoms with Gasteiger partial charge in [0.1, 0.15) is 10.6 Å². The highest BCUT2D eigenvalue weighted by Gasteiger charge is 2.36. The Morgan fingerprint density at radius 1 is 1.30 bits per heavy atom. The van der Waals surface area contributed by atoms with Crippen molar-refractivity contribution < 1.29 is 24.2 Å². The third-order valence-corrected chi connectivity index (χ3v) is 5.33. The van der Waals surface area contributed by atoms with Crippen LogP contribution in [0.1, 0.15) is 27.9 Å². The van der Waals surface area contributed by atoms with Crippen LogP contribution in [0.2, 0.25) is 0 Å². The number of hydrogen-bond donors (Lipinski definition) is 2. The molecule has 0 spiro atoms. The summed E-state index contributed by atoms with van der Waals surface area (Å²) in [6.45, 7) is 2.90. The van der Waals surface area contributed by atoms with Crippen LogP contribution in [-0.4, -0.2) is 36.0 Å². The number of carbonyl (C=O) groups excluding carboxylic acids is 2. The van der Waals surface area contributed by atoms with Gasteiger partial charge in [-0.1, -0.05) is 12.1 Å². The van der Waals surface area contributed by atoms with Gasteiger partial charge in [0.2, 0.25) is 11.8 Å². The largest absolute Gasteiger partial charge is 0.492 e. The number of hydrogen-bond acceptors (Lipinski definition) is 5. The monoisotopic (exact) mass is 388 g/mol. The standard InChI is InChI=1S/C19H20N2O5S/c1-2-26-15-6-4-3-5-14(15)21-11-12(9-17(21)22)18(23)20-10-13-7-8-16(27-13)19(24)25/h3-8,12H,2,9-11H2,1H3,(H,20,23)(H,24,25). The van der Waals surface area contributed by atoms with Crippen molar-refractivity contribution in [2.24, 2.45) is 5.92 Å². The number of carboxylic acid groups (broad SMARTS) is 1. The van der Waals surface area contributed by atoms with Gasteiger partial charge < -0.3 is 20.1 Å². The molecule has 2 aromatic rings. The molecule has 1 atom stereocenters. The second kappa shape index (κ2) is 8.22. The van der Waals surface area contributed by atoms with Crippen molar-refractivity contribution in [3.8, 4) is 5.75 Å². The summed E-state index contributed by atoms with van der Waals surface area (Å²) in [4.78, 5) is 38.4. The molecule has 1 saturated heterocycles. The molecular weight excluding hydrogens is 368 g/mol. The van der Waals surface area contributed by atoms with Crippen LogP contribution >= 0.6 is 11.3 Å². The first-order valence-electron chi connectivity index (χ1n) is 8.61. The lowest BCUT2D eigenvalue weighted by molar-refractivity contribution is -0.126. The topological polar surface area (TPSA) is 95.9 Å². The summed E-state index contributed by atoms with van der Waals surface area (Å²) in [6, 6.07) is 10.5. The number of aromatic carboxylic acids is 1. The summed E-state index contributed by atoms with van der Waals surface area (Å²) in [5.74, 6) is -1.15. The molecule has 0 bridgehead atoms. The van der Waals surface area contributed by atoms with Gasteiger partial charge in [0.25, 0.3) is 0 Å². The van der Waals surface area contributed by atoms with E-state index in [1.807, 2.05) is 25.1 Å². The summed E-state index contributed by atoms with van der Waals surface area (Å²) in [5, 5.41) is 11.7. The van der Waals surface area contributed by atoms with E-state index in [1.54, 1.807) is 17.0 Å². The molecule has 1 aliphatic rings. The fourth-order valence-corrected chi connectivity index (χ4v) is 3.77. The molecule has 1 aromatic heterocycles. The Labute approximate surface area is 160 Å². The predicted octanol–water partition coefficient (Wildman–Crippen LogP) is 2.51. The van der Waals surface area contributed by atoms with E-state index in [-0.39, 0.29) is 29.7 Å². The SMILES string of the molecule is CCOc1ccccc1N1CC(C(=O)NCc2ccc(C(=O)O)s2)CC1=O. The Balaban J connectivity index is 1.62. The molecule has 8 heteroatoms. The van der Waals surface area contributed by atoms with Crippen molar-refractivity contribution in [1.29, 1.82) is 0 Å². The van der Waals surface area contributed by atoms with E-state index in [0.717, 1.165) is 16.2 Å². The lowest BCUT2D eigenvalue weighted by Crippen LogP contribution is -2.32. The molecule has 27 heavy (non-hydrogen) atoms. The van der Waals surface area contributed by atoms with Crippen LogP contribution in [0, 0.1) is 5.92 Å². The van der Waals surface area contributed by atoms with Crippen molar-refractivity contribution in [2.45, 2.75) is 19.9 Å². The number of nitrogens with zero attached hydrogens (tertiary/aromatic N) is 1. The van der Waals surface area contributed by atoms with Gasteiger partial charge in [-0.15, -0.1) is 11.3 Å². The summed E-state index contributed by atoms with van der Waals surface area (Å²) >= 11 is 1.12.